The third-order valence-electron chi connectivity index (χ3n) is 3.37. The number of hydrogen-bond donors (Lipinski definition) is 3. The second-order valence-corrected chi connectivity index (χ2v) is 6.61. The molecule has 2 amide bonds. The SMILES string of the molecule is Cn1cc(NC(=O)OC(C)(C)C)cc1-c1c(NC=O)nc(C(=O)O)n1C. The molecule has 26 heavy (non-hydrogen) atoms. The van der Waals surface area contributed by atoms with Crippen LogP contribution in [0.15, 0.2) is 12.3 Å². The third-order valence-corrected chi connectivity index (χ3v) is 3.37. The summed E-state index contributed by atoms with van der Waals surface area (Å²) >= 11 is 0. The number of aryl methyl sites for hydroxylation is 1. The first-order valence-electron chi connectivity index (χ1n) is 7.70. The molecule has 0 radical (unpaired) electrons. The number of aromatic nitrogens is 3. The van der Waals surface area contributed by atoms with Crippen molar-refractivity contribution in [1.29, 1.82) is 0 Å². The zero-order chi connectivity index (χ0) is 19.6. The van der Waals surface area contributed by atoms with Crippen LogP contribution in [0, 0.1) is 0 Å². The van der Waals surface area contributed by atoms with Crippen molar-refractivity contribution in [3.8, 4) is 11.4 Å². The van der Waals surface area contributed by atoms with Gasteiger partial charge < -0.3 is 24.3 Å². The van der Waals surface area contributed by atoms with E-state index >= 15 is 0 Å². The highest BCUT2D eigenvalue weighted by atomic mass is 16.6. The predicted molar refractivity (Wildman–Crippen MR) is 94.1 cm³/mol. The number of ether oxygens (including phenoxy) is 1. The lowest BCUT2D eigenvalue weighted by molar-refractivity contribution is -0.105. The van der Waals surface area contributed by atoms with E-state index in [0.717, 1.165) is 0 Å². The number of carboxylic acids is 1. The quantitative estimate of drug-likeness (QED) is 0.698. The molecule has 0 bridgehead atoms. The Morgan fingerprint density at radius 3 is 2.50 bits per heavy atom. The highest BCUT2D eigenvalue weighted by Crippen LogP contribution is 2.31. The van der Waals surface area contributed by atoms with Crippen molar-refractivity contribution < 1.29 is 24.2 Å². The normalized spacial score (nSPS) is 11.1. The maximum absolute atomic E-state index is 11.9. The van der Waals surface area contributed by atoms with E-state index in [-0.39, 0.29) is 11.6 Å². The Balaban J connectivity index is 2.41. The van der Waals surface area contributed by atoms with Crippen LogP contribution in [0.4, 0.5) is 16.3 Å². The average molecular weight is 363 g/mol. The molecule has 140 valence electrons. The Hall–Kier alpha value is -3.30. The highest BCUT2D eigenvalue weighted by Gasteiger charge is 2.23. The summed E-state index contributed by atoms with van der Waals surface area (Å²) < 4.78 is 8.22. The Bertz CT molecular complexity index is 859. The van der Waals surface area contributed by atoms with E-state index in [1.165, 1.54) is 11.6 Å². The van der Waals surface area contributed by atoms with Crippen LogP contribution >= 0.6 is 0 Å². The van der Waals surface area contributed by atoms with Gasteiger partial charge in [-0.05, 0) is 26.8 Å². The summed E-state index contributed by atoms with van der Waals surface area (Å²) in [6, 6.07) is 1.63. The number of imidazole rings is 1. The van der Waals surface area contributed by atoms with Crippen LogP contribution in [-0.2, 0) is 23.6 Å². The van der Waals surface area contributed by atoms with E-state index in [4.69, 9.17) is 4.74 Å². The zero-order valence-electron chi connectivity index (χ0n) is 15.2. The van der Waals surface area contributed by atoms with Gasteiger partial charge in [0.15, 0.2) is 5.82 Å². The number of carbonyl (C=O) groups is 3. The van der Waals surface area contributed by atoms with Gasteiger partial charge in [-0.25, -0.2) is 14.6 Å². The predicted octanol–water partition coefficient (Wildman–Crippen LogP) is 2.04. The maximum atomic E-state index is 11.9. The second-order valence-electron chi connectivity index (χ2n) is 6.61. The Kier molecular flexibility index (Phi) is 5.05. The zero-order valence-corrected chi connectivity index (χ0v) is 15.2. The minimum atomic E-state index is -1.23. The number of rotatable bonds is 5. The first-order valence-corrected chi connectivity index (χ1v) is 7.70. The number of hydrogen-bond acceptors (Lipinski definition) is 5. The fourth-order valence-electron chi connectivity index (χ4n) is 2.43. The van der Waals surface area contributed by atoms with E-state index < -0.39 is 17.7 Å². The van der Waals surface area contributed by atoms with Gasteiger partial charge >= 0.3 is 12.1 Å². The first kappa shape index (κ1) is 19.0. The molecular formula is C16H21N5O5. The van der Waals surface area contributed by atoms with Gasteiger partial charge in [0, 0.05) is 20.3 Å². The number of carbonyl (C=O) groups excluding carboxylic acids is 2. The molecule has 10 heteroatoms. The van der Waals surface area contributed by atoms with Crippen molar-refractivity contribution in [2.24, 2.45) is 14.1 Å². The molecule has 2 heterocycles. The average Bonchev–Trinajstić information content (AvgIpc) is 2.97. The van der Waals surface area contributed by atoms with E-state index in [0.29, 0.717) is 23.5 Å². The molecule has 10 nitrogen and oxygen atoms in total. The van der Waals surface area contributed by atoms with Crippen LogP contribution in [0.5, 0.6) is 0 Å². The summed E-state index contributed by atoms with van der Waals surface area (Å²) in [5, 5.41) is 14.3. The van der Waals surface area contributed by atoms with Crippen LogP contribution in [0.25, 0.3) is 11.4 Å². The van der Waals surface area contributed by atoms with E-state index in [1.807, 2.05) is 0 Å². The number of anilines is 2. The summed E-state index contributed by atoms with van der Waals surface area (Å²) in [7, 11) is 3.24. The fraction of sp³-hybridized carbons (Fsp3) is 0.375. The van der Waals surface area contributed by atoms with Crippen molar-refractivity contribution in [2.75, 3.05) is 10.6 Å². The molecule has 0 atom stereocenters. The van der Waals surface area contributed by atoms with Gasteiger partial charge in [0.1, 0.15) is 11.3 Å². The Morgan fingerprint density at radius 1 is 1.31 bits per heavy atom. The minimum Gasteiger partial charge on any atom is -0.475 e. The molecule has 0 aliphatic rings. The van der Waals surface area contributed by atoms with Crippen LogP contribution in [-0.4, -0.2) is 43.3 Å². The van der Waals surface area contributed by atoms with E-state index in [1.54, 1.807) is 44.6 Å². The van der Waals surface area contributed by atoms with Crippen LogP contribution < -0.4 is 10.6 Å². The fourth-order valence-corrected chi connectivity index (χ4v) is 2.43. The van der Waals surface area contributed by atoms with Gasteiger partial charge in [0.25, 0.3) is 0 Å². The lowest BCUT2D eigenvalue weighted by Gasteiger charge is -2.19. The van der Waals surface area contributed by atoms with E-state index in [9.17, 15) is 19.5 Å². The molecular weight excluding hydrogens is 342 g/mol. The largest absolute Gasteiger partial charge is 0.475 e. The first-order chi connectivity index (χ1) is 12.0. The minimum absolute atomic E-state index is 0.102. The maximum Gasteiger partial charge on any atom is 0.412 e. The second kappa shape index (κ2) is 6.90. The number of carboxylic acid groups (broad SMARTS) is 1. The summed E-state index contributed by atoms with van der Waals surface area (Å²) in [6.07, 6.45) is 1.44. The number of amides is 2. The van der Waals surface area contributed by atoms with Gasteiger partial charge in [-0.15, -0.1) is 0 Å². The summed E-state index contributed by atoms with van der Waals surface area (Å²) in [5.74, 6) is -1.36. The topological polar surface area (TPSA) is 127 Å². The Morgan fingerprint density at radius 2 is 1.96 bits per heavy atom. The molecule has 2 aromatic heterocycles. The van der Waals surface area contributed by atoms with Gasteiger partial charge in [-0.1, -0.05) is 0 Å². The summed E-state index contributed by atoms with van der Waals surface area (Å²) in [5.41, 5.74) is 0.741. The van der Waals surface area contributed by atoms with Crippen LogP contribution in [0.2, 0.25) is 0 Å². The molecule has 0 unspecified atom stereocenters. The smallest absolute Gasteiger partial charge is 0.412 e. The van der Waals surface area contributed by atoms with Gasteiger partial charge in [0.05, 0.1) is 11.4 Å². The molecule has 0 aliphatic heterocycles. The molecule has 0 aromatic carbocycles. The summed E-state index contributed by atoms with van der Waals surface area (Å²) in [4.78, 5) is 38.0. The van der Waals surface area contributed by atoms with Crippen LogP contribution in [0.1, 0.15) is 31.4 Å². The standard InChI is InChI=1S/C16H21N5O5/c1-16(2,3)26-15(25)18-9-6-10(20(4)7-9)11-12(17-8-22)19-13(14(23)24)21(11)5/h6-8H,1-5H3,(H,17,22)(H,18,25)(H,23,24). The lowest BCUT2D eigenvalue weighted by atomic mass is 10.2. The molecule has 0 fully saturated rings. The molecule has 0 spiro atoms. The molecule has 0 saturated carbocycles. The highest BCUT2D eigenvalue weighted by molar-refractivity contribution is 5.91. The number of aromatic carboxylic acids is 1. The molecule has 3 N–H and O–H groups in total. The molecule has 0 aliphatic carbocycles. The molecule has 0 saturated heterocycles. The van der Waals surface area contributed by atoms with Gasteiger partial charge in [-0.2, -0.15) is 0 Å². The monoisotopic (exact) mass is 363 g/mol. The van der Waals surface area contributed by atoms with Gasteiger partial charge in [0.2, 0.25) is 12.2 Å². The third kappa shape index (κ3) is 4.02. The summed E-state index contributed by atoms with van der Waals surface area (Å²) in [6.45, 7) is 5.26. The van der Waals surface area contributed by atoms with Crippen LogP contribution in [0.3, 0.4) is 0 Å². The van der Waals surface area contributed by atoms with Crippen molar-refractivity contribution in [3.05, 3.63) is 18.1 Å². The number of nitrogens with zero attached hydrogens (tertiary/aromatic N) is 3. The Labute approximate surface area is 149 Å². The van der Waals surface area contributed by atoms with Crippen molar-refractivity contribution >= 4 is 30.0 Å². The van der Waals surface area contributed by atoms with Crippen molar-refractivity contribution in [1.82, 2.24) is 14.1 Å². The number of nitrogens with one attached hydrogen (secondary N) is 2. The lowest BCUT2D eigenvalue weighted by Crippen LogP contribution is -2.27. The van der Waals surface area contributed by atoms with Gasteiger partial charge in [-0.3, -0.25) is 10.1 Å². The van der Waals surface area contributed by atoms with Crippen molar-refractivity contribution in [3.63, 3.8) is 0 Å². The molecule has 2 aromatic rings. The van der Waals surface area contributed by atoms with Crippen molar-refractivity contribution in [2.45, 2.75) is 26.4 Å². The molecule has 2 rings (SSSR count). The van der Waals surface area contributed by atoms with E-state index in [2.05, 4.69) is 15.6 Å².